The van der Waals surface area contributed by atoms with Crippen molar-refractivity contribution in [1.29, 1.82) is 0 Å². The van der Waals surface area contributed by atoms with Gasteiger partial charge >= 0.3 is 0 Å². The number of ether oxygens (including phenoxy) is 1. The summed E-state index contributed by atoms with van der Waals surface area (Å²) < 4.78 is 5.34. The van der Waals surface area contributed by atoms with Crippen LogP contribution in [0.3, 0.4) is 0 Å². The van der Waals surface area contributed by atoms with Crippen molar-refractivity contribution in [3.63, 3.8) is 0 Å². The van der Waals surface area contributed by atoms with Gasteiger partial charge < -0.3 is 4.74 Å². The van der Waals surface area contributed by atoms with Gasteiger partial charge in [-0.05, 0) is 55.9 Å². The number of nitrogens with one attached hydrogen (secondary N) is 1. The molecular weight excluding hydrogens is 276 g/mol. The molecule has 0 saturated heterocycles. The van der Waals surface area contributed by atoms with E-state index < -0.39 is 0 Å². The van der Waals surface area contributed by atoms with E-state index in [1.165, 1.54) is 6.42 Å². The largest absolute Gasteiger partial charge is 0.484 e. The van der Waals surface area contributed by atoms with Crippen LogP contribution in [0.5, 0.6) is 5.75 Å². The van der Waals surface area contributed by atoms with Gasteiger partial charge in [0, 0.05) is 10.7 Å². The van der Waals surface area contributed by atoms with E-state index in [0.717, 1.165) is 25.0 Å². The van der Waals surface area contributed by atoms with Crippen LogP contribution in [0.1, 0.15) is 32.6 Å². The first-order valence-corrected chi connectivity index (χ1v) is 7.24. The highest BCUT2D eigenvalue weighted by Crippen LogP contribution is 2.20. The van der Waals surface area contributed by atoms with E-state index in [1.54, 1.807) is 24.3 Å². The number of benzene rings is 1. The molecule has 1 aliphatic rings. The van der Waals surface area contributed by atoms with Crippen molar-refractivity contribution < 1.29 is 9.53 Å². The summed E-state index contributed by atoms with van der Waals surface area (Å²) in [6.45, 7) is 2.16. The topological polar surface area (TPSA) is 50.7 Å². The summed E-state index contributed by atoms with van der Waals surface area (Å²) in [5.74, 6) is 1.03. The fraction of sp³-hybridized carbons (Fsp3) is 0.467. The molecule has 1 aromatic carbocycles. The highest BCUT2D eigenvalue weighted by atomic mass is 35.5. The summed E-state index contributed by atoms with van der Waals surface area (Å²) in [5, 5.41) is 4.81. The molecular formula is C15H19ClN2O2. The van der Waals surface area contributed by atoms with E-state index in [2.05, 4.69) is 17.5 Å². The van der Waals surface area contributed by atoms with Gasteiger partial charge in [-0.2, -0.15) is 5.10 Å². The number of halogens is 1. The summed E-state index contributed by atoms with van der Waals surface area (Å²) in [6.07, 6.45) is 4.34. The first-order chi connectivity index (χ1) is 9.63. The second-order valence-electron chi connectivity index (χ2n) is 5.16. The Balaban J connectivity index is 1.75. The van der Waals surface area contributed by atoms with Crippen LogP contribution >= 0.6 is 11.6 Å². The van der Waals surface area contributed by atoms with E-state index in [4.69, 9.17) is 16.3 Å². The van der Waals surface area contributed by atoms with E-state index >= 15 is 0 Å². The van der Waals surface area contributed by atoms with Crippen LogP contribution < -0.4 is 10.2 Å². The zero-order valence-corrected chi connectivity index (χ0v) is 12.3. The van der Waals surface area contributed by atoms with Crippen LogP contribution in [-0.4, -0.2) is 18.2 Å². The minimum atomic E-state index is -0.245. The minimum absolute atomic E-state index is 0.0477. The Hall–Kier alpha value is -1.55. The highest BCUT2D eigenvalue weighted by molar-refractivity contribution is 6.30. The molecule has 2 rings (SSSR count). The lowest BCUT2D eigenvalue weighted by atomic mass is 9.89. The number of hydrogen-bond donors (Lipinski definition) is 1. The lowest BCUT2D eigenvalue weighted by Crippen LogP contribution is -2.26. The first kappa shape index (κ1) is 14.9. The van der Waals surface area contributed by atoms with E-state index in [0.29, 0.717) is 16.7 Å². The summed E-state index contributed by atoms with van der Waals surface area (Å²) in [4.78, 5) is 11.6. The van der Waals surface area contributed by atoms with Gasteiger partial charge in [-0.25, -0.2) is 5.43 Å². The van der Waals surface area contributed by atoms with Crippen LogP contribution in [0, 0.1) is 5.92 Å². The zero-order valence-electron chi connectivity index (χ0n) is 11.6. The molecule has 4 nitrogen and oxygen atoms in total. The third kappa shape index (κ3) is 4.85. The van der Waals surface area contributed by atoms with Crippen LogP contribution in [0.15, 0.2) is 29.4 Å². The molecule has 0 aliphatic heterocycles. The molecule has 1 saturated carbocycles. The Morgan fingerprint density at radius 1 is 1.45 bits per heavy atom. The Bertz CT molecular complexity index is 485. The van der Waals surface area contributed by atoms with Crippen molar-refractivity contribution in [1.82, 2.24) is 5.43 Å². The maximum Gasteiger partial charge on any atom is 0.277 e. The Morgan fingerprint density at radius 2 is 2.20 bits per heavy atom. The van der Waals surface area contributed by atoms with Gasteiger partial charge in [0.05, 0.1) is 0 Å². The number of rotatable bonds is 4. The molecule has 0 heterocycles. The third-order valence-corrected chi connectivity index (χ3v) is 3.52. The van der Waals surface area contributed by atoms with Gasteiger partial charge in [-0.15, -0.1) is 0 Å². The van der Waals surface area contributed by atoms with Gasteiger partial charge in [0.15, 0.2) is 6.61 Å². The van der Waals surface area contributed by atoms with Gasteiger partial charge in [0.1, 0.15) is 5.75 Å². The lowest BCUT2D eigenvalue weighted by molar-refractivity contribution is -0.123. The number of hydrazone groups is 1. The summed E-state index contributed by atoms with van der Waals surface area (Å²) in [5.41, 5.74) is 3.63. The Kier molecular flexibility index (Phi) is 5.41. The molecule has 1 aliphatic carbocycles. The molecule has 0 bridgehead atoms. The van der Waals surface area contributed by atoms with Crippen molar-refractivity contribution in [2.24, 2.45) is 11.0 Å². The lowest BCUT2D eigenvalue weighted by Gasteiger charge is -2.18. The van der Waals surface area contributed by atoms with Gasteiger partial charge in [-0.1, -0.05) is 18.5 Å². The molecule has 5 heteroatoms. The van der Waals surface area contributed by atoms with Gasteiger partial charge in [0.25, 0.3) is 5.91 Å². The van der Waals surface area contributed by atoms with Crippen molar-refractivity contribution in [2.75, 3.05) is 6.61 Å². The van der Waals surface area contributed by atoms with E-state index in [9.17, 15) is 4.79 Å². The second-order valence-corrected chi connectivity index (χ2v) is 5.59. The van der Waals surface area contributed by atoms with Crippen LogP contribution in [0.2, 0.25) is 5.02 Å². The van der Waals surface area contributed by atoms with Crippen molar-refractivity contribution in [2.45, 2.75) is 32.6 Å². The maximum absolute atomic E-state index is 11.6. The molecule has 1 N–H and O–H groups in total. The Labute approximate surface area is 124 Å². The molecule has 108 valence electrons. The van der Waals surface area contributed by atoms with Gasteiger partial charge in [0.2, 0.25) is 0 Å². The smallest absolute Gasteiger partial charge is 0.277 e. The number of carbonyl (C=O) groups is 1. The molecule has 0 radical (unpaired) electrons. The number of nitrogens with zero attached hydrogens (tertiary/aromatic N) is 1. The number of hydrogen-bond acceptors (Lipinski definition) is 3. The molecule has 20 heavy (non-hydrogen) atoms. The summed E-state index contributed by atoms with van der Waals surface area (Å²) >= 11 is 5.77. The second kappa shape index (κ2) is 7.29. The molecule has 1 amide bonds. The molecule has 1 fully saturated rings. The van der Waals surface area contributed by atoms with Crippen LogP contribution in [-0.2, 0) is 4.79 Å². The van der Waals surface area contributed by atoms with E-state index in [1.807, 2.05) is 0 Å². The molecule has 1 atom stereocenters. The first-order valence-electron chi connectivity index (χ1n) is 6.86. The molecule has 0 unspecified atom stereocenters. The average Bonchev–Trinajstić information content (AvgIpc) is 2.45. The summed E-state index contributed by atoms with van der Waals surface area (Å²) in [6, 6.07) is 6.89. The predicted octanol–water partition coefficient (Wildman–Crippen LogP) is 3.40. The fourth-order valence-electron chi connectivity index (χ4n) is 2.22. The van der Waals surface area contributed by atoms with Crippen molar-refractivity contribution in [3.05, 3.63) is 29.3 Å². The van der Waals surface area contributed by atoms with E-state index in [-0.39, 0.29) is 12.5 Å². The number of carbonyl (C=O) groups excluding carboxylic acids is 1. The number of amides is 1. The maximum atomic E-state index is 11.6. The van der Waals surface area contributed by atoms with Crippen LogP contribution in [0.4, 0.5) is 0 Å². The van der Waals surface area contributed by atoms with Crippen molar-refractivity contribution >= 4 is 23.2 Å². The highest BCUT2D eigenvalue weighted by Gasteiger charge is 2.14. The molecule has 0 spiro atoms. The quantitative estimate of drug-likeness (QED) is 0.865. The summed E-state index contributed by atoms with van der Waals surface area (Å²) in [7, 11) is 0. The zero-order chi connectivity index (χ0) is 14.4. The standard InChI is InChI=1S/C15H19ClN2O2/c1-11-3-2-4-13(9-11)17-18-15(19)10-20-14-7-5-12(16)6-8-14/h5-8,11H,2-4,9-10H2,1H3,(H,18,19)/b17-13+/t11-/m1/s1. The Morgan fingerprint density at radius 3 is 2.90 bits per heavy atom. The van der Waals surface area contributed by atoms with Crippen molar-refractivity contribution in [3.8, 4) is 5.75 Å². The SMILES string of the molecule is C[C@@H]1CCC/C(=N\NC(=O)COc2ccc(Cl)cc2)C1. The third-order valence-electron chi connectivity index (χ3n) is 3.27. The van der Waals surface area contributed by atoms with Crippen LogP contribution in [0.25, 0.3) is 0 Å². The van der Waals surface area contributed by atoms with Gasteiger partial charge in [-0.3, -0.25) is 4.79 Å². The average molecular weight is 295 g/mol. The monoisotopic (exact) mass is 294 g/mol. The minimum Gasteiger partial charge on any atom is -0.484 e. The fourth-order valence-corrected chi connectivity index (χ4v) is 2.34. The predicted molar refractivity (Wildman–Crippen MR) is 80.2 cm³/mol. The molecule has 0 aromatic heterocycles. The molecule has 1 aromatic rings. The normalized spacial score (nSPS) is 20.7.